The summed E-state index contributed by atoms with van der Waals surface area (Å²) in [5.74, 6) is -2.19. The second kappa shape index (κ2) is 7.88. The first kappa shape index (κ1) is 18.6. The Labute approximate surface area is 148 Å². The molecule has 0 fully saturated rings. The standard InChI is InChI=1S/C17H16N4O5/c1-10-4-3-5-11(2)15(10)19-16(23)17(24)20-18-9-12-8-13(21(25)26)6-7-14(12)22/h3-9,22H,1-2H3,(H,19,23)(H,20,24)/b18-9+. The summed E-state index contributed by atoms with van der Waals surface area (Å²) in [6.07, 6.45) is 1.01. The van der Waals surface area contributed by atoms with E-state index < -0.39 is 16.7 Å². The maximum atomic E-state index is 11.9. The maximum absolute atomic E-state index is 11.9. The number of hydrogen-bond acceptors (Lipinski definition) is 6. The Morgan fingerprint density at radius 1 is 1.15 bits per heavy atom. The van der Waals surface area contributed by atoms with Crippen LogP contribution in [0.2, 0.25) is 0 Å². The molecule has 3 N–H and O–H groups in total. The van der Waals surface area contributed by atoms with Crippen LogP contribution in [0.25, 0.3) is 0 Å². The molecule has 2 aromatic rings. The summed E-state index contributed by atoms with van der Waals surface area (Å²) in [5, 5.41) is 26.4. The lowest BCUT2D eigenvalue weighted by Crippen LogP contribution is -2.32. The fraction of sp³-hybridized carbons (Fsp3) is 0.118. The SMILES string of the molecule is Cc1cccc(C)c1NC(=O)C(=O)N/N=C/c1cc([N+](=O)[O-])ccc1O. The molecule has 0 unspecified atom stereocenters. The van der Waals surface area contributed by atoms with Gasteiger partial charge in [-0.15, -0.1) is 0 Å². The van der Waals surface area contributed by atoms with Crippen molar-refractivity contribution < 1.29 is 19.6 Å². The zero-order valence-corrected chi connectivity index (χ0v) is 14.0. The Morgan fingerprint density at radius 3 is 2.42 bits per heavy atom. The van der Waals surface area contributed by atoms with Crippen LogP contribution in [-0.4, -0.2) is 28.1 Å². The van der Waals surface area contributed by atoms with Gasteiger partial charge >= 0.3 is 11.8 Å². The van der Waals surface area contributed by atoms with E-state index in [4.69, 9.17) is 0 Å². The minimum absolute atomic E-state index is 0.0228. The highest BCUT2D eigenvalue weighted by molar-refractivity contribution is 6.39. The van der Waals surface area contributed by atoms with Crippen molar-refractivity contribution in [2.45, 2.75) is 13.8 Å². The van der Waals surface area contributed by atoms with Crippen LogP contribution in [0.15, 0.2) is 41.5 Å². The van der Waals surface area contributed by atoms with Crippen molar-refractivity contribution >= 4 is 29.4 Å². The summed E-state index contributed by atoms with van der Waals surface area (Å²) in [7, 11) is 0. The number of non-ortho nitro benzene ring substituents is 1. The molecule has 2 rings (SSSR count). The first-order chi connectivity index (χ1) is 12.3. The Hall–Kier alpha value is -3.75. The predicted octanol–water partition coefficient (Wildman–Crippen LogP) is 2.01. The van der Waals surface area contributed by atoms with E-state index in [1.54, 1.807) is 26.0 Å². The molecule has 0 heterocycles. The number of para-hydroxylation sites is 1. The minimum atomic E-state index is -1.02. The third kappa shape index (κ3) is 4.41. The van der Waals surface area contributed by atoms with Crippen molar-refractivity contribution in [3.05, 3.63) is 63.2 Å². The predicted molar refractivity (Wildman–Crippen MR) is 95.0 cm³/mol. The van der Waals surface area contributed by atoms with E-state index in [9.17, 15) is 24.8 Å². The number of phenols is 1. The van der Waals surface area contributed by atoms with Crippen LogP contribution in [0, 0.1) is 24.0 Å². The number of phenolic OH excluding ortho intramolecular Hbond substituents is 1. The highest BCUT2D eigenvalue weighted by Crippen LogP contribution is 2.21. The van der Waals surface area contributed by atoms with Gasteiger partial charge in [-0.1, -0.05) is 18.2 Å². The monoisotopic (exact) mass is 356 g/mol. The number of anilines is 1. The quantitative estimate of drug-likeness (QED) is 0.333. The number of amides is 2. The van der Waals surface area contributed by atoms with E-state index in [1.165, 1.54) is 0 Å². The van der Waals surface area contributed by atoms with Gasteiger partial charge in [0.1, 0.15) is 5.75 Å². The second-order valence-corrected chi connectivity index (χ2v) is 5.42. The number of rotatable bonds is 4. The second-order valence-electron chi connectivity index (χ2n) is 5.42. The summed E-state index contributed by atoms with van der Waals surface area (Å²) in [4.78, 5) is 33.8. The molecule has 0 atom stereocenters. The normalized spacial score (nSPS) is 10.5. The first-order valence-corrected chi connectivity index (χ1v) is 7.47. The van der Waals surface area contributed by atoms with Gasteiger partial charge in [-0.05, 0) is 31.0 Å². The Morgan fingerprint density at radius 2 is 1.81 bits per heavy atom. The Kier molecular flexibility index (Phi) is 5.63. The minimum Gasteiger partial charge on any atom is -0.507 e. The average molecular weight is 356 g/mol. The molecule has 0 aromatic heterocycles. The van der Waals surface area contributed by atoms with E-state index >= 15 is 0 Å². The number of nitrogens with zero attached hydrogens (tertiary/aromatic N) is 2. The van der Waals surface area contributed by atoms with Crippen molar-refractivity contribution in [2.75, 3.05) is 5.32 Å². The molecule has 0 saturated carbocycles. The van der Waals surface area contributed by atoms with Crippen LogP contribution in [0.3, 0.4) is 0 Å². The third-order valence-corrected chi connectivity index (χ3v) is 3.52. The van der Waals surface area contributed by atoms with Crippen molar-refractivity contribution in [3.8, 4) is 5.75 Å². The fourth-order valence-corrected chi connectivity index (χ4v) is 2.15. The van der Waals surface area contributed by atoms with Crippen LogP contribution < -0.4 is 10.7 Å². The van der Waals surface area contributed by atoms with Gasteiger partial charge in [0.15, 0.2) is 0 Å². The molecule has 9 heteroatoms. The maximum Gasteiger partial charge on any atom is 0.329 e. The number of hydrogen-bond donors (Lipinski definition) is 3. The molecule has 0 aliphatic heterocycles. The number of aromatic hydroxyl groups is 1. The van der Waals surface area contributed by atoms with Gasteiger partial charge < -0.3 is 10.4 Å². The third-order valence-electron chi connectivity index (χ3n) is 3.52. The number of benzene rings is 2. The molecule has 134 valence electrons. The summed E-state index contributed by atoms with van der Waals surface area (Å²) >= 11 is 0. The molecular weight excluding hydrogens is 340 g/mol. The molecule has 0 aliphatic carbocycles. The Balaban J connectivity index is 2.04. The summed E-state index contributed by atoms with van der Waals surface area (Å²) in [5.41, 5.74) is 3.92. The molecule has 26 heavy (non-hydrogen) atoms. The van der Waals surface area contributed by atoms with Crippen LogP contribution in [-0.2, 0) is 9.59 Å². The van der Waals surface area contributed by atoms with Gasteiger partial charge in [-0.25, -0.2) is 5.43 Å². The number of aryl methyl sites for hydroxylation is 2. The number of hydrazone groups is 1. The van der Waals surface area contributed by atoms with Crippen molar-refractivity contribution in [1.82, 2.24) is 5.43 Å². The zero-order chi connectivity index (χ0) is 19.3. The van der Waals surface area contributed by atoms with Gasteiger partial charge in [0.25, 0.3) is 5.69 Å². The number of nitro groups is 1. The van der Waals surface area contributed by atoms with E-state index in [0.717, 1.165) is 35.5 Å². The van der Waals surface area contributed by atoms with E-state index in [1.807, 2.05) is 11.5 Å². The summed E-state index contributed by atoms with van der Waals surface area (Å²) < 4.78 is 0. The zero-order valence-electron chi connectivity index (χ0n) is 14.0. The number of nitro benzene ring substituents is 1. The van der Waals surface area contributed by atoms with E-state index in [-0.39, 0.29) is 17.0 Å². The lowest BCUT2D eigenvalue weighted by Gasteiger charge is -2.10. The molecule has 2 amide bonds. The molecule has 2 aromatic carbocycles. The molecular formula is C17H16N4O5. The topological polar surface area (TPSA) is 134 Å². The highest BCUT2D eigenvalue weighted by Gasteiger charge is 2.15. The first-order valence-electron chi connectivity index (χ1n) is 7.47. The number of nitrogens with one attached hydrogen (secondary N) is 2. The van der Waals surface area contributed by atoms with Crippen molar-refractivity contribution in [1.29, 1.82) is 0 Å². The largest absolute Gasteiger partial charge is 0.507 e. The summed E-state index contributed by atoms with van der Waals surface area (Å²) in [6, 6.07) is 8.77. The van der Waals surface area contributed by atoms with E-state index in [2.05, 4.69) is 10.4 Å². The van der Waals surface area contributed by atoms with Gasteiger partial charge in [0.05, 0.1) is 11.1 Å². The van der Waals surface area contributed by atoms with E-state index in [0.29, 0.717) is 5.69 Å². The molecule has 0 radical (unpaired) electrons. The van der Waals surface area contributed by atoms with Crippen molar-refractivity contribution in [3.63, 3.8) is 0 Å². The summed E-state index contributed by atoms with van der Waals surface area (Å²) in [6.45, 7) is 3.59. The van der Waals surface area contributed by atoms with Gasteiger partial charge in [0, 0.05) is 23.4 Å². The number of carbonyl (C=O) groups excluding carboxylic acids is 2. The fourth-order valence-electron chi connectivity index (χ4n) is 2.15. The van der Waals surface area contributed by atoms with Crippen LogP contribution in [0.1, 0.15) is 16.7 Å². The lowest BCUT2D eigenvalue weighted by molar-refractivity contribution is -0.384. The molecule has 0 aliphatic rings. The molecule has 0 bridgehead atoms. The number of carbonyl (C=O) groups is 2. The van der Waals surface area contributed by atoms with Gasteiger partial charge in [-0.2, -0.15) is 5.10 Å². The molecule has 0 saturated heterocycles. The Bertz CT molecular complexity index is 888. The highest BCUT2D eigenvalue weighted by atomic mass is 16.6. The van der Waals surface area contributed by atoms with Crippen LogP contribution in [0.4, 0.5) is 11.4 Å². The van der Waals surface area contributed by atoms with Gasteiger partial charge in [0.2, 0.25) is 0 Å². The molecule has 0 spiro atoms. The smallest absolute Gasteiger partial charge is 0.329 e. The van der Waals surface area contributed by atoms with Crippen molar-refractivity contribution in [2.24, 2.45) is 5.10 Å². The van der Waals surface area contributed by atoms with Gasteiger partial charge in [-0.3, -0.25) is 19.7 Å². The van der Waals surface area contributed by atoms with Crippen LogP contribution >= 0.6 is 0 Å². The molecule has 9 nitrogen and oxygen atoms in total. The lowest BCUT2D eigenvalue weighted by atomic mass is 10.1. The average Bonchev–Trinajstić information content (AvgIpc) is 2.59. The van der Waals surface area contributed by atoms with Crippen LogP contribution in [0.5, 0.6) is 5.75 Å².